The molecule has 1 fully saturated rings. The third kappa shape index (κ3) is 3.35. The van der Waals surface area contributed by atoms with Crippen LogP contribution in [-0.4, -0.2) is 53.4 Å². The fourth-order valence-corrected chi connectivity index (χ4v) is 4.76. The van der Waals surface area contributed by atoms with E-state index >= 15 is 0 Å². The van der Waals surface area contributed by atoms with E-state index in [4.69, 9.17) is 4.74 Å². The molecule has 4 rings (SSSR count). The Bertz CT molecular complexity index is 988. The molecule has 0 bridgehead atoms. The van der Waals surface area contributed by atoms with Gasteiger partial charge in [-0.15, -0.1) is 0 Å². The second-order valence-electron chi connectivity index (χ2n) is 6.37. The van der Waals surface area contributed by atoms with Gasteiger partial charge < -0.3 is 9.14 Å². The summed E-state index contributed by atoms with van der Waals surface area (Å²) in [6.07, 6.45) is 9.26. The highest BCUT2D eigenvalue weighted by atomic mass is 32.2. The van der Waals surface area contributed by atoms with Crippen LogP contribution < -0.4 is 0 Å². The van der Waals surface area contributed by atoms with Crippen LogP contribution in [0, 0.1) is 5.92 Å². The summed E-state index contributed by atoms with van der Waals surface area (Å²) in [4.78, 5) is 8.64. The SMILES string of the molecule is O=S(=O)(c1cccnc1)N1CCOCC(Cc2nccn3cccc23)C1. The van der Waals surface area contributed by atoms with Crippen molar-refractivity contribution < 1.29 is 13.2 Å². The van der Waals surface area contributed by atoms with E-state index in [-0.39, 0.29) is 10.8 Å². The predicted octanol–water partition coefficient (Wildman–Crippen LogP) is 1.61. The molecule has 1 aliphatic rings. The zero-order valence-corrected chi connectivity index (χ0v) is 15.0. The minimum absolute atomic E-state index is 0.0394. The summed E-state index contributed by atoms with van der Waals surface area (Å²) < 4.78 is 35.0. The lowest BCUT2D eigenvalue weighted by molar-refractivity contribution is 0.123. The third-order valence-corrected chi connectivity index (χ3v) is 6.44. The van der Waals surface area contributed by atoms with Crippen molar-refractivity contribution in [3.63, 3.8) is 0 Å². The molecule has 136 valence electrons. The maximum Gasteiger partial charge on any atom is 0.244 e. The van der Waals surface area contributed by atoms with Crippen LogP contribution in [0.4, 0.5) is 0 Å². The van der Waals surface area contributed by atoms with Crippen LogP contribution in [0.25, 0.3) is 5.52 Å². The lowest BCUT2D eigenvalue weighted by Gasteiger charge is -2.23. The monoisotopic (exact) mass is 372 g/mol. The fraction of sp³-hybridized carbons (Fsp3) is 0.333. The molecule has 26 heavy (non-hydrogen) atoms. The van der Waals surface area contributed by atoms with Gasteiger partial charge in [0.15, 0.2) is 0 Å². The van der Waals surface area contributed by atoms with Gasteiger partial charge in [-0.25, -0.2) is 8.42 Å². The zero-order valence-electron chi connectivity index (χ0n) is 14.2. The number of rotatable bonds is 4. The van der Waals surface area contributed by atoms with Gasteiger partial charge in [0.05, 0.1) is 24.4 Å². The molecule has 0 saturated carbocycles. The fourth-order valence-electron chi connectivity index (χ4n) is 3.30. The molecule has 0 spiro atoms. The predicted molar refractivity (Wildman–Crippen MR) is 96.2 cm³/mol. The van der Waals surface area contributed by atoms with E-state index in [0.29, 0.717) is 32.7 Å². The van der Waals surface area contributed by atoms with Gasteiger partial charge in [-0.3, -0.25) is 9.97 Å². The summed E-state index contributed by atoms with van der Waals surface area (Å²) in [6.45, 7) is 1.65. The first-order valence-electron chi connectivity index (χ1n) is 8.53. The van der Waals surface area contributed by atoms with Crippen LogP contribution in [0.5, 0.6) is 0 Å². The third-order valence-electron chi connectivity index (χ3n) is 4.59. The molecule has 0 aromatic carbocycles. The van der Waals surface area contributed by atoms with Gasteiger partial charge in [0.25, 0.3) is 0 Å². The quantitative estimate of drug-likeness (QED) is 0.695. The normalized spacial score (nSPS) is 19.5. The second kappa shape index (κ2) is 7.14. The van der Waals surface area contributed by atoms with Gasteiger partial charge in [-0.05, 0) is 30.7 Å². The Morgan fingerprint density at radius 1 is 1.19 bits per heavy atom. The molecule has 8 heteroatoms. The maximum atomic E-state index is 12.9. The molecule has 1 aliphatic heterocycles. The molecule has 1 atom stereocenters. The van der Waals surface area contributed by atoms with Gasteiger partial charge in [0.1, 0.15) is 4.90 Å². The summed E-state index contributed by atoms with van der Waals surface area (Å²) >= 11 is 0. The number of nitrogens with zero attached hydrogens (tertiary/aromatic N) is 4. The molecule has 7 nitrogen and oxygen atoms in total. The first-order chi connectivity index (χ1) is 12.6. The van der Waals surface area contributed by atoms with Gasteiger partial charge in [-0.1, -0.05) is 0 Å². The molecule has 0 aliphatic carbocycles. The van der Waals surface area contributed by atoms with Crippen molar-refractivity contribution in [3.05, 3.63) is 60.9 Å². The Labute approximate surface area is 152 Å². The lowest BCUT2D eigenvalue weighted by atomic mass is 10.0. The van der Waals surface area contributed by atoms with Gasteiger partial charge in [0, 0.05) is 50.0 Å². The Morgan fingerprint density at radius 3 is 2.96 bits per heavy atom. The summed E-state index contributed by atoms with van der Waals surface area (Å²) in [7, 11) is -3.58. The summed E-state index contributed by atoms with van der Waals surface area (Å²) in [5, 5.41) is 0. The largest absolute Gasteiger partial charge is 0.380 e. The van der Waals surface area contributed by atoms with Crippen LogP contribution in [0.2, 0.25) is 0 Å². The van der Waals surface area contributed by atoms with Gasteiger partial charge in [0.2, 0.25) is 10.0 Å². The van der Waals surface area contributed by atoms with Crippen LogP contribution >= 0.6 is 0 Å². The Kier molecular flexibility index (Phi) is 4.71. The Morgan fingerprint density at radius 2 is 2.12 bits per heavy atom. The highest BCUT2D eigenvalue weighted by molar-refractivity contribution is 7.89. The van der Waals surface area contributed by atoms with E-state index in [9.17, 15) is 8.42 Å². The van der Waals surface area contributed by atoms with Crippen LogP contribution in [0.15, 0.2) is 60.1 Å². The van der Waals surface area contributed by atoms with Gasteiger partial charge >= 0.3 is 0 Å². The number of pyridine rings is 1. The summed E-state index contributed by atoms with van der Waals surface area (Å²) in [5.41, 5.74) is 1.99. The maximum absolute atomic E-state index is 12.9. The summed E-state index contributed by atoms with van der Waals surface area (Å²) in [6, 6.07) is 7.20. The van der Waals surface area contributed by atoms with Crippen molar-refractivity contribution in [1.29, 1.82) is 0 Å². The summed E-state index contributed by atoms with van der Waals surface area (Å²) in [5.74, 6) is 0.0394. The number of fused-ring (bicyclic) bond motifs is 1. The van der Waals surface area contributed by atoms with E-state index in [0.717, 1.165) is 11.2 Å². The molecule has 1 saturated heterocycles. The average molecular weight is 372 g/mol. The van der Waals surface area contributed by atoms with Crippen molar-refractivity contribution in [3.8, 4) is 0 Å². The van der Waals surface area contributed by atoms with Crippen molar-refractivity contribution in [1.82, 2.24) is 18.7 Å². The van der Waals surface area contributed by atoms with Crippen molar-refractivity contribution in [2.45, 2.75) is 11.3 Å². The van der Waals surface area contributed by atoms with Crippen molar-refractivity contribution in [2.75, 3.05) is 26.3 Å². The number of sulfonamides is 1. The van der Waals surface area contributed by atoms with E-state index in [1.165, 1.54) is 10.5 Å². The molecule has 4 heterocycles. The standard InChI is InChI=1S/C18H20N4O3S/c23-26(24,16-3-1-5-19-12-16)22-9-10-25-14-15(13-22)11-17-18-4-2-7-21(18)8-6-20-17/h1-8,12,15H,9-11,13-14H2. The molecule has 3 aromatic rings. The first kappa shape index (κ1) is 17.1. The minimum atomic E-state index is -3.58. The number of hydrogen-bond donors (Lipinski definition) is 0. The topological polar surface area (TPSA) is 76.8 Å². The van der Waals surface area contributed by atoms with Crippen molar-refractivity contribution in [2.24, 2.45) is 5.92 Å². The molecule has 1 unspecified atom stereocenters. The van der Waals surface area contributed by atoms with Gasteiger partial charge in [-0.2, -0.15) is 4.31 Å². The number of aromatic nitrogens is 3. The molecule has 0 N–H and O–H groups in total. The second-order valence-corrected chi connectivity index (χ2v) is 8.31. The number of ether oxygens (including phenoxy) is 1. The van der Waals surface area contributed by atoms with Crippen LogP contribution in [-0.2, 0) is 21.2 Å². The van der Waals surface area contributed by atoms with E-state index < -0.39 is 10.0 Å². The van der Waals surface area contributed by atoms with Crippen LogP contribution in [0.3, 0.4) is 0 Å². The first-order valence-corrected chi connectivity index (χ1v) is 9.97. The smallest absolute Gasteiger partial charge is 0.244 e. The van der Waals surface area contributed by atoms with E-state index in [2.05, 4.69) is 9.97 Å². The van der Waals surface area contributed by atoms with Crippen LogP contribution in [0.1, 0.15) is 5.69 Å². The highest BCUT2D eigenvalue weighted by Gasteiger charge is 2.30. The highest BCUT2D eigenvalue weighted by Crippen LogP contribution is 2.21. The number of hydrogen-bond acceptors (Lipinski definition) is 5. The molecule has 0 amide bonds. The molecular weight excluding hydrogens is 352 g/mol. The average Bonchev–Trinajstić information content (AvgIpc) is 3.02. The van der Waals surface area contributed by atoms with E-state index in [1.807, 2.05) is 28.9 Å². The van der Waals surface area contributed by atoms with Crippen molar-refractivity contribution >= 4 is 15.5 Å². The van der Waals surface area contributed by atoms with E-state index in [1.54, 1.807) is 24.5 Å². The molecule has 3 aromatic heterocycles. The molecular formula is C18H20N4O3S. The zero-order chi connectivity index (χ0) is 18.0. The minimum Gasteiger partial charge on any atom is -0.380 e. The Hall–Kier alpha value is -2.29. The molecule has 0 radical (unpaired) electrons. The lowest BCUT2D eigenvalue weighted by Crippen LogP contribution is -2.36. The Balaban J connectivity index is 1.57.